The van der Waals surface area contributed by atoms with Gasteiger partial charge < -0.3 is 18.8 Å². The fourth-order valence-electron chi connectivity index (χ4n) is 2.46. The quantitative estimate of drug-likeness (QED) is 0.633. The van der Waals surface area contributed by atoms with Crippen LogP contribution in [0.5, 0.6) is 0 Å². The van der Waals surface area contributed by atoms with Crippen LogP contribution in [0.2, 0.25) is 0 Å². The van der Waals surface area contributed by atoms with E-state index in [9.17, 15) is 18.0 Å². The summed E-state index contributed by atoms with van der Waals surface area (Å²) in [6.45, 7) is 6.21. The van der Waals surface area contributed by atoms with Gasteiger partial charge in [0.2, 0.25) is 5.09 Å². The number of nitrogens with zero attached hydrogens (tertiary/aromatic N) is 2. The number of esters is 1. The largest absolute Gasteiger partial charge is 0.465 e. The number of hydrogen-bond donors (Lipinski definition) is 0. The van der Waals surface area contributed by atoms with E-state index in [-0.39, 0.29) is 43.1 Å². The van der Waals surface area contributed by atoms with Gasteiger partial charge in [-0.05, 0) is 32.9 Å². The molecule has 1 saturated heterocycles. The first-order valence-corrected chi connectivity index (χ1v) is 9.85. The van der Waals surface area contributed by atoms with Crippen molar-refractivity contribution in [2.75, 3.05) is 39.5 Å². The molecule has 0 atom stereocenters. The van der Waals surface area contributed by atoms with Gasteiger partial charge >= 0.3 is 5.97 Å². The van der Waals surface area contributed by atoms with E-state index in [1.54, 1.807) is 20.8 Å². The van der Waals surface area contributed by atoms with Crippen molar-refractivity contribution in [1.82, 2.24) is 9.21 Å². The molecule has 10 heteroatoms. The third-order valence-electron chi connectivity index (χ3n) is 3.85. The molecular weight excluding hydrogens is 364 g/mol. The summed E-state index contributed by atoms with van der Waals surface area (Å²) in [7, 11) is -3.83. The lowest BCUT2D eigenvalue weighted by Gasteiger charge is -2.25. The first kappa shape index (κ1) is 20.4. The Morgan fingerprint density at radius 2 is 1.92 bits per heavy atom. The monoisotopic (exact) mass is 388 g/mol. The second kappa shape index (κ2) is 8.65. The Morgan fingerprint density at radius 1 is 1.27 bits per heavy atom. The van der Waals surface area contributed by atoms with E-state index >= 15 is 0 Å². The number of furan rings is 1. The van der Waals surface area contributed by atoms with Crippen molar-refractivity contribution in [3.63, 3.8) is 0 Å². The zero-order chi connectivity index (χ0) is 19.3. The van der Waals surface area contributed by atoms with E-state index in [2.05, 4.69) is 0 Å². The molecule has 0 saturated carbocycles. The zero-order valence-electron chi connectivity index (χ0n) is 15.1. The number of ether oxygens (including phenoxy) is 2. The second-order valence-corrected chi connectivity index (χ2v) is 7.84. The Balaban J connectivity index is 2.18. The van der Waals surface area contributed by atoms with Crippen molar-refractivity contribution in [2.24, 2.45) is 0 Å². The molecule has 0 bridgehead atoms. The summed E-state index contributed by atoms with van der Waals surface area (Å²) in [5.41, 5.74) is 0. The minimum absolute atomic E-state index is 0.144. The Labute approximate surface area is 152 Å². The van der Waals surface area contributed by atoms with Crippen LogP contribution in [-0.4, -0.2) is 75.0 Å². The predicted molar refractivity (Wildman–Crippen MR) is 91.1 cm³/mol. The van der Waals surface area contributed by atoms with E-state index in [4.69, 9.17) is 13.9 Å². The summed E-state index contributed by atoms with van der Waals surface area (Å²) in [5.74, 6) is -1.26. The highest BCUT2D eigenvalue weighted by atomic mass is 32.2. The third-order valence-corrected chi connectivity index (χ3v) is 5.62. The predicted octanol–water partition coefficient (Wildman–Crippen LogP) is 0.714. The molecule has 1 fully saturated rings. The first-order valence-electron chi connectivity index (χ1n) is 8.41. The number of carbonyl (C=O) groups excluding carboxylic acids is 2. The van der Waals surface area contributed by atoms with Crippen LogP contribution in [-0.2, 0) is 24.3 Å². The molecule has 0 aliphatic carbocycles. The van der Waals surface area contributed by atoms with Crippen LogP contribution in [0.3, 0.4) is 0 Å². The van der Waals surface area contributed by atoms with E-state index < -0.39 is 21.9 Å². The minimum Gasteiger partial charge on any atom is -0.465 e. The molecule has 1 aliphatic heterocycles. The number of hydrogen-bond acceptors (Lipinski definition) is 7. The molecule has 1 aliphatic rings. The molecule has 0 aromatic carbocycles. The molecule has 9 nitrogen and oxygen atoms in total. The van der Waals surface area contributed by atoms with Crippen molar-refractivity contribution in [3.05, 3.63) is 17.9 Å². The van der Waals surface area contributed by atoms with E-state index in [1.165, 1.54) is 21.3 Å². The summed E-state index contributed by atoms with van der Waals surface area (Å²) in [6, 6.07) is 2.26. The van der Waals surface area contributed by atoms with E-state index in [0.717, 1.165) is 0 Å². The van der Waals surface area contributed by atoms with Gasteiger partial charge in [-0.25, -0.2) is 8.42 Å². The number of morpholine rings is 1. The minimum atomic E-state index is -3.83. The molecular formula is C16H24N2O7S. The lowest BCUT2D eigenvalue weighted by atomic mass is 10.3. The number of carbonyl (C=O) groups is 2. The van der Waals surface area contributed by atoms with Gasteiger partial charge in [-0.2, -0.15) is 4.31 Å². The maximum absolute atomic E-state index is 12.6. The third kappa shape index (κ3) is 4.63. The standard InChI is InChI=1S/C16H24N2O7S/c1-4-24-14(19)11-18(12(2)3)16(20)13-5-6-15(25-13)26(21,22)17-7-9-23-10-8-17/h5-6,12H,4,7-11H2,1-3H3. The van der Waals surface area contributed by atoms with Crippen LogP contribution in [0.1, 0.15) is 31.3 Å². The summed E-state index contributed by atoms with van der Waals surface area (Å²) in [6.07, 6.45) is 0. The van der Waals surface area contributed by atoms with Crippen LogP contribution in [0, 0.1) is 0 Å². The van der Waals surface area contributed by atoms with Crippen molar-refractivity contribution >= 4 is 21.9 Å². The number of sulfonamides is 1. The van der Waals surface area contributed by atoms with Gasteiger partial charge in [0.05, 0.1) is 19.8 Å². The molecule has 2 rings (SSSR count). The van der Waals surface area contributed by atoms with Crippen molar-refractivity contribution in [1.29, 1.82) is 0 Å². The van der Waals surface area contributed by atoms with E-state index in [0.29, 0.717) is 13.2 Å². The molecule has 1 aromatic heterocycles. The second-order valence-electron chi connectivity index (χ2n) is 5.97. The first-order chi connectivity index (χ1) is 12.3. The van der Waals surface area contributed by atoms with Gasteiger partial charge in [-0.1, -0.05) is 0 Å². The average molecular weight is 388 g/mol. The fraction of sp³-hybridized carbons (Fsp3) is 0.625. The Hall–Kier alpha value is -1.91. The Kier molecular flexibility index (Phi) is 6.79. The Bertz CT molecular complexity index is 736. The van der Waals surface area contributed by atoms with Gasteiger partial charge in [0.1, 0.15) is 6.54 Å². The Morgan fingerprint density at radius 3 is 2.50 bits per heavy atom. The lowest BCUT2D eigenvalue weighted by Crippen LogP contribution is -2.41. The van der Waals surface area contributed by atoms with Gasteiger partial charge in [0, 0.05) is 19.1 Å². The average Bonchev–Trinajstić information content (AvgIpc) is 3.11. The van der Waals surface area contributed by atoms with Crippen LogP contribution < -0.4 is 0 Å². The van der Waals surface area contributed by atoms with Crippen LogP contribution in [0.4, 0.5) is 0 Å². The molecule has 146 valence electrons. The van der Waals surface area contributed by atoms with Crippen LogP contribution >= 0.6 is 0 Å². The molecule has 0 spiro atoms. The lowest BCUT2D eigenvalue weighted by molar-refractivity contribution is -0.144. The maximum atomic E-state index is 12.6. The van der Waals surface area contributed by atoms with Crippen molar-refractivity contribution in [3.8, 4) is 0 Å². The maximum Gasteiger partial charge on any atom is 0.325 e. The van der Waals surface area contributed by atoms with E-state index in [1.807, 2.05) is 0 Å². The number of rotatable bonds is 7. The smallest absolute Gasteiger partial charge is 0.325 e. The summed E-state index contributed by atoms with van der Waals surface area (Å²) in [5, 5.41) is -0.303. The number of amides is 1. The fourth-order valence-corrected chi connectivity index (χ4v) is 3.78. The van der Waals surface area contributed by atoms with Crippen molar-refractivity contribution < 1.29 is 31.9 Å². The highest BCUT2D eigenvalue weighted by molar-refractivity contribution is 7.89. The van der Waals surface area contributed by atoms with Crippen LogP contribution in [0.15, 0.2) is 21.6 Å². The molecule has 2 heterocycles. The normalized spacial score (nSPS) is 15.8. The van der Waals surface area contributed by atoms with Crippen molar-refractivity contribution in [2.45, 2.75) is 31.9 Å². The molecule has 0 unspecified atom stereocenters. The van der Waals surface area contributed by atoms with Gasteiger partial charge in [0.15, 0.2) is 5.76 Å². The molecule has 0 radical (unpaired) electrons. The summed E-state index contributed by atoms with van der Waals surface area (Å²) in [4.78, 5) is 25.6. The highest BCUT2D eigenvalue weighted by Crippen LogP contribution is 2.21. The molecule has 1 amide bonds. The SMILES string of the molecule is CCOC(=O)CN(C(=O)c1ccc(S(=O)(=O)N2CCOCC2)o1)C(C)C. The summed E-state index contributed by atoms with van der Waals surface area (Å²) < 4.78 is 41.7. The highest BCUT2D eigenvalue weighted by Gasteiger charge is 2.31. The van der Waals surface area contributed by atoms with Gasteiger partial charge in [0.25, 0.3) is 15.9 Å². The molecule has 1 aromatic rings. The van der Waals surface area contributed by atoms with Gasteiger partial charge in [-0.3, -0.25) is 9.59 Å². The molecule has 26 heavy (non-hydrogen) atoms. The zero-order valence-corrected chi connectivity index (χ0v) is 16.0. The molecule has 0 N–H and O–H groups in total. The summed E-state index contributed by atoms with van der Waals surface area (Å²) >= 11 is 0. The topological polar surface area (TPSA) is 106 Å². The van der Waals surface area contributed by atoms with Gasteiger partial charge in [-0.15, -0.1) is 0 Å². The van der Waals surface area contributed by atoms with Crippen LogP contribution in [0.25, 0.3) is 0 Å².